The summed E-state index contributed by atoms with van der Waals surface area (Å²) in [7, 11) is 4.39. The number of carbonyl (C=O) groups excluding carboxylic acids is 2. The van der Waals surface area contributed by atoms with Crippen molar-refractivity contribution in [1.82, 2.24) is 5.43 Å². The van der Waals surface area contributed by atoms with Gasteiger partial charge in [0.1, 0.15) is 5.75 Å². The van der Waals surface area contributed by atoms with Gasteiger partial charge in [-0.2, -0.15) is 5.10 Å². The molecule has 9 heteroatoms. The van der Waals surface area contributed by atoms with Gasteiger partial charge in [-0.3, -0.25) is 4.79 Å². The van der Waals surface area contributed by atoms with Gasteiger partial charge in [-0.1, -0.05) is 60.7 Å². The summed E-state index contributed by atoms with van der Waals surface area (Å²) in [5.74, 6) is -0.0144. The van der Waals surface area contributed by atoms with Crippen LogP contribution >= 0.6 is 0 Å². The number of amides is 1. The van der Waals surface area contributed by atoms with E-state index in [1.807, 2.05) is 0 Å². The van der Waals surface area contributed by atoms with Crippen LogP contribution in [-0.2, 0) is 10.4 Å². The van der Waals surface area contributed by atoms with Crippen molar-refractivity contribution in [2.45, 2.75) is 5.60 Å². The van der Waals surface area contributed by atoms with Gasteiger partial charge >= 0.3 is 5.97 Å². The first-order valence-corrected chi connectivity index (χ1v) is 12.2. The van der Waals surface area contributed by atoms with Crippen LogP contribution in [0.5, 0.6) is 23.0 Å². The Labute approximate surface area is 231 Å². The summed E-state index contributed by atoms with van der Waals surface area (Å²) in [6.07, 6.45) is 1.42. The molecule has 0 unspecified atom stereocenters. The zero-order chi connectivity index (χ0) is 28.5. The third-order valence-corrected chi connectivity index (χ3v) is 6.08. The zero-order valence-corrected chi connectivity index (χ0v) is 22.2. The van der Waals surface area contributed by atoms with Crippen molar-refractivity contribution in [1.29, 1.82) is 0 Å². The van der Waals surface area contributed by atoms with Crippen molar-refractivity contribution in [3.63, 3.8) is 0 Å². The minimum Gasteiger partial charge on any atom is -0.493 e. The Bertz CT molecular complexity index is 1420. The lowest BCUT2D eigenvalue weighted by Crippen LogP contribution is -2.43. The number of hydrazone groups is 1. The molecule has 0 heterocycles. The number of benzene rings is 4. The van der Waals surface area contributed by atoms with Crippen LogP contribution in [0.15, 0.2) is 102 Å². The number of aliphatic hydroxyl groups is 1. The highest BCUT2D eigenvalue weighted by Crippen LogP contribution is 2.38. The Balaban J connectivity index is 1.45. The number of carbonyl (C=O) groups is 2. The fraction of sp³-hybridized carbons (Fsp3) is 0.129. The number of methoxy groups -OCH3 is 3. The lowest BCUT2D eigenvalue weighted by molar-refractivity contribution is -0.136. The first-order valence-electron chi connectivity index (χ1n) is 12.2. The van der Waals surface area contributed by atoms with Crippen molar-refractivity contribution in [3.8, 4) is 23.0 Å². The van der Waals surface area contributed by atoms with Gasteiger partial charge in [0, 0.05) is 0 Å². The molecule has 4 aromatic rings. The van der Waals surface area contributed by atoms with Crippen molar-refractivity contribution in [2.75, 3.05) is 21.3 Å². The van der Waals surface area contributed by atoms with Gasteiger partial charge in [0.15, 0.2) is 17.1 Å². The second kappa shape index (κ2) is 12.6. The third kappa shape index (κ3) is 5.95. The molecule has 1 amide bonds. The fourth-order valence-corrected chi connectivity index (χ4v) is 4.02. The molecule has 0 saturated carbocycles. The Kier molecular flexibility index (Phi) is 8.78. The molecule has 0 atom stereocenters. The highest BCUT2D eigenvalue weighted by Gasteiger charge is 2.39. The van der Waals surface area contributed by atoms with Crippen LogP contribution in [0.2, 0.25) is 0 Å². The molecular formula is C31H28N2O7. The molecule has 4 aromatic carbocycles. The maximum absolute atomic E-state index is 13.1. The van der Waals surface area contributed by atoms with Gasteiger partial charge in [-0.25, -0.2) is 10.2 Å². The van der Waals surface area contributed by atoms with Crippen LogP contribution < -0.4 is 24.4 Å². The quantitative estimate of drug-likeness (QED) is 0.133. The van der Waals surface area contributed by atoms with Crippen LogP contribution in [0.25, 0.3) is 0 Å². The second-order valence-corrected chi connectivity index (χ2v) is 8.51. The summed E-state index contributed by atoms with van der Waals surface area (Å²) >= 11 is 0. The van der Waals surface area contributed by atoms with E-state index in [2.05, 4.69) is 10.5 Å². The molecule has 0 aliphatic carbocycles. The number of rotatable bonds is 10. The van der Waals surface area contributed by atoms with Gasteiger partial charge in [0.2, 0.25) is 5.75 Å². The molecule has 0 saturated heterocycles. The highest BCUT2D eigenvalue weighted by atomic mass is 16.5. The maximum atomic E-state index is 13.1. The lowest BCUT2D eigenvalue weighted by Gasteiger charge is -2.27. The molecule has 0 aliphatic rings. The van der Waals surface area contributed by atoms with E-state index in [0.717, 1.165) is 0 Å². The average molecular weight is 541 g/mol. The Morgan fingerprint density at radius 2 is 1.30 bits per heavy atom. The third-order valence-electron chi connectivity index (χ3n) is 6.08. The SMILES string of the molecule is COc1cc(C(=O)Oc2ccc(/C=N/NC(=O)C(O)(c3ccccc3)c3ccccc3)cc2)cc(OC)c1OC. The van der Waals surface area contributed by atoms with Gasteiger partial charge < -0.3 is 24.1 Å². The summed E-state index contributed by atoms with van der Waals surface area (Å²) < 4.78 is 21.3. The van der Waals surface area contributed by atoms with E-state index in [1.54, 1.807) is 84.9 Å². The van der Waals surface area contributed by atoms with Crippen LogP contribution in [0.3, 0.4) is 0 Å². The number of esters is 1. The van der Waals surface area contributed by atoms with Gasteiger partial charge in [-0.15, -0.1) is 0 Å². The van der Waals surface area contributed by atoms with Crippen molar-refractivity contribution in [3.05, 3.63) is 119 Å². The molecule has 9 nitrogen and oxygen atoms in total. The number of ether oxygens (including phenoxy) is 4. The van der Waals surface area contributed by atoms with Gasteiger partial charge in [0.05, 0.1) is 33.1 Å². The molecule has 204 valence electrons. The normalized spacial score (nSPS) is 11.1. The first kappa shape index (κ1) is 27.9. The van der Waals surface area contributed by atoms with E-state index in [9.17, 15) is 14.7 Å². The molecule has 0 bridgehead atoms. The number of hydrogen-bond acceptors (Lipinski definition) is 8. The van der Waals surface area contributed by atoms with E-state index in [0.29, 0.717) is 39.7 Å². The molecule has 0 fully saturated rings. The molecule has 0 spiro atoms. The van der Waals surface area contributed by atoms with Crippen molar-refractivity contribution < 1.29 is 33.6 Å². The number of nitrogens with one attached hydrogen (secondary N) is 1. The minimum atomic E-state index is -1.94. The zero-order valence-electron chi connectivity index (χ0n) is 22.2. The average Bonchev–Trinajstić information content (AvgIpc) is 3.01. The molecule has 0 aliphatic heterocycles. The molecule has 0 radical (unpaired) electrons. The van der Waals surface area contributed by atoms with Gasteiger partial charge in [-0.05, 0) is 53.1 Å². The van der Waals surface area contributed by atoms with E-state index in [1.165, 1.54) is 39.7 Å². The Morgan fingerprint density at radius 1 is 0.775 bits per heavy atom. The molecule has 0 aromatic heterocycles. The number of hydrogen-bond donors (Lipinski definition) is 2. The topological polar surface area (TPSA) is 116 Å². The largest absolute Gasteiger partial charge is 0.493 e. The molecule has 4 rings (SSSR count). The van der Waals surface area contributed by atoms with Crippen LogP contribution in [0.4, 0.5) is 0 Å². The Morgan fingerprint density at radius 3 is 1.77 bits per heavy atom. The maximum Gasteiger partial charge on any atom is 0.343 e. The van der Waals surface area contributed by atoms with Crippen molar-refractivity contribution in [2.24, 2.45) is 5.10 Å². The van der Waals surface area contributed by atoms with E-state index >= 15 is 0 Å². The van der Waals surface area contributed by atoms with Gasteiger partial charge in [0.25, 0.3) is 5.91 Å². The molecule has 2 N–H and O–H groups in total. The monoisotopic (exact) mass is 540 g/mol. The summed E-state index contributed by atoms with van der Waals surface area (Å²) in [6, 6.07) is 26.8. The van der Waals surface area contributed by atoms with Crippen molar-refractivity contribution >= 4 is 18.1 Å². The van der Waals surface area contributed by atoms with Crippen LogP contribution in [0.1, 0.15) is 27.0 Å². The summed E-state index contributed by atoms with van der Waals surface area (Å²) in [4.78, 5) is 25.9. The van der Waals surface area contributed by atoms with E-state index < -0.39 is 17.5 Å². The molecular weight excluding hydrogens is 512 g/mol. The van der Waals surface area contributed by atoms with E-state index in [-0.39, 0.29) is 5.56 Å². The van der Waals surface area contributed by atoms with Crippen LogP contribution in [-0.4, -0.2) is 44.5 Å². The smallest absolute Gasteiger partial charge is 0.343 e. The fourth-order valence-electron chi connectivity index (χ4n) is 4.02. The predicted octanol–water partition coefficient (Wildman–Crippen LogP) is 4.32. The summed E-state index contributed by atoms with van der Waals surface area (Å²) in [5.41, 5.74) is 2.14. The predicted molar refractivity (Wildman–Crippen MR) is 149 cm³/mol. The second-order valence-electron chi connectivity index (χ2n) is 8.51. The lowest BCUT2D eigenvalue weighted by atomic mass is 9.85. The first-order chi connectivity index (χ1) is 19.4. The number of nitrogens with zero attached hydrogens (tertiary/aromatic N) is 1. The molecule has 40 heavy (non-hydrogen) atoms. The van der Waals surface area contributed by atoms with Crippen LogP contribution in [0, 0.1) is 0 Å². The Hall–Kier alpha value is -5.15. The standard InChI is InChI=1S/C31H28N2O7/c1-37-26-18-22(19-27(38-2)28(26)39-3)29(34)40-25-16-14-21(15-17-25)20-32-33-30(35)31(36,23-10-6-4-7-11-23)24-12-8-5-9-13-24/h4-20,36H,1-3H3,(H,33,35)/b32-20+. The summed E-state index contributed by atoms with van der Waals surface area (Å²) in [6.45, 7) is 0. The minimum absolute atomic E-state index is 0.215. The van der Waals surface area contributed by atoms with E-state index in [4.69, 9.17) is 18.9 Å². The summed E-state index contributed by atoms with van der Waals surface area (Å²) in [5, 5.41) is 15.5. The highest BCUT2D eigenvalue weighted by molar-refractivity contribution is 5.93.